The standard InChI is InChI=1S/C4H6O7S.3Na/c5-3(6)1-2(4(7)8)12(9,10)11;;;/h2H,1H2,(H,5,6)(H,7,8)(H,9,10,11);;;/q;3*+1/p-3. The van der Waals surface area contributed by atoms with Crippen LogP contribution in [0.4, 0.5) is 0 Å². The van der Waals surface area contributed by atoms with Gasteiger partial charge in [-0.05, 0) is 0 Å². The summed E-state index contributed by atoms with van der Waals surface area (Å²) < 4.78 is 30.1. The zero-order chi connectivity index (χ0) is 9.94. The number of aliphatic carboxylic acids is 2. The van der Waals surface area contributed by atoms with Gasteiger partial charge in [0.2, 0.25) is 0 Å². The third-order valence-electron chi connectivity index (χ3n) is 0.963. The maximum absolute atomic E-state index is 10.0. The minimum Gasteiger partial charge on any atom is -0.747 e. The molecule has 15 heavy (non-hydrogen) atoms. The van der Waals surface area contributed by atoms with E-state index < -0.39 is 33.7 Å². The summed E-state index contributed by atoms with van der Waals surface area (Å²) in [5.41, 5.74) is 0. The van der Waals surface area contributed by atoms with Gasteiger partial charge in [0.25, 0.3) is 0 Å². The third-order valence-corrected chi connectivity index (χ3v) is 2.02. The normalized spacial score (nSPS) is 11.0. The zero-order valence-corrected chi connectivity index (χ0v) is 15.4. The molecule has 0 aliphatic carbocycles. The van der Waals surface area contributed by atoms with Crippen molar-refractivity contribution in [2.24, 2.45) is 0 Å². The molecule has 0 aliphatic heterocycles. The van der Waals surface area contributed by atoms with E-state index in [1.54, 1.807) is 0 Å². The van der Waals surface area contributed by atoms with E-state index in [-0.39, 0.29) is 88.7 Å². The molecule has 70 valence electrons. The molecular weight excluding hydrogens is 261 g/mol. The molecule has 11 heteroatoms. The molecule has 7 nitrogen and oxygen atoms in total. The van der Waals surface area contributed by atoms with Gasteiger partial charge in [-0.3, -0.25) is 0 Å². The maximum Gasteiger partial charge on any atom is 1.00 e. The molecule has 0 spiro atoms. The van der Waals surface area contributed by atoms with Crippen LogP contribution in [0, 0.1) is 0 Å². The van der Waals surface area contributed by atoms with Crippen LogP contribution >= 0.6 is 0 Å². The average Bonchev–Trinajstić information content (AvgIpc) is 1.79. The Balaban J connectivity index is -0.000000202. The van der Waals surface area contributed by atoms with Crippen LogP contribution in [0.2, 0.25) is 0 Å². The average molecular weight is 264 g/mol. The van der Waals surface area contributed by atoms with Crippen molar-refractivity contribution >= 4 is 22.1 Å². The molecule has 0 fully saturated rings. The fraction of sp³-hybridized carbons (Fsp3) is 0.500. The Bertz CT molecular complexity index is 299. The van der Waals surface area contributed by atoms with E-state index in [1.807, 2.05) is 0 Å². The van der Waals surface area contributed by atoms with Crippen molar-refractivity contribution in [2.75, 3.05) is 0 Å². The van der Waals surface area contributed by atoms with Crippen LogP contribution in [0.5, 0.6) is 0 Å². The van der Waals surface area contributed by atoms with Crippen molar-refractivity contribution in [3.05, 3.63) is 0 Å². The van der Waals surface area contributed by atoms with E-state index in [2.05, 4.69) is 0 Å². The van der Waals surface area contributed by atoms with Gasteiger partial charge in [0.1, 0.15) is 10.1 Å². The number of carbonyl (C=O) groups is 2. The summed E-state index contributed by atoms with van der Waals surface area (Å²) >= 11 is 0. The zero-order valence-electron chi connectivity index (χ0n) is 8.55. The van der Waals surface area contributed by atoms with Crippen LogP contribution in [0.3, 0.4) is 0 Å². The Hall–Kier alpha value is 1.85. The quantitative estimate of drug-likeness (QED) is 0.363. The maximum atomic E-state index is 10.0. The summed E-state index contributed by atoms with van der Waals surface area (Å²) in [5, 5.41) is 17.1. The van der Waals surface area contributed by atoms with Crippen LogP contribution in [0.15, 0.2) is 0 Å². The van der Waals surface area contributed by atoms with E-state index in [0.29, 0.717) is 0 Å². The first-order valence-electron chi connectivity index (χ1n) is 2.60. The van der Waals surface area contributed by atoms with Gasteiger partial charge < -0.3 is 24.4 Å². The molecule has 0 aromatic heterocycles. The number of rotatable bonds is 4. The fourth-order valence-corrected chi connectivity index (χ4v) is 1.03. The molecule has 0 radical (unpaired) electrons. The van der Waals surface area contributed by atoms with Crippen molar-refractivity contribution < 1.29 is 121 Å². The van der Waals surface area contributed by atoms with E-state index in [4.69, 9.17) is 0 Å². The Morgan fingerprint density at radius 1 is 1.07 bits per heavy atom. The minimum absolute atomic E-state index is 0. The van der Waals surface area contributed by atoms with E-state index in [9.17, 15) is 32.8 Å². The molecule has 1 atom stereocenters. The molecule has 0 aromatic rings. The first-order chi connectivity index (χ1) is 5.25. The Kier molecular flexibility index (Phi) is 18.7. The minimum atomic E-state index is -5.19. The second-order valence-electron chi connectivity index (χ2n) is 1.88. The van der Waals surface area contributed by atoms with Crippen LogP contribution < -0.4 is 98.9 Å². The second kappa shape index (κ2) is 11.0. The van der Waals surface area contributed by atoms with Gasteiger partial charge in [-0.1, -0.05) is 0 Å². The van der Waals surface area contributed by atoms with E-state index in [1.165, 1.54) is 0 Å². The molecule has 0 amide bonds. The third kappa shape index (κ3) is 12.1. The molecule has 0 heterocycles. The molecule has 1 unspecified atom stereocenters. The summed E-state index contributed by atoms with van der Waals surface area (Å²) in [6, 6.07) is 0. The summed E-state index contributed by atoms with van der Waals surface area (Å²) in [6.45, 7) is 0. The van der Waals surface area contributed by atoms with Gasteiger partial charge in [-0.25, -0.2) is 8.42 Å². The number of carbonyl (C=O) groups excluding carboxylic acids is 2. The van der Waals surface area contributed by atoms with Gasteiger partial charge in [0.05, 0.1) is 11.2 Å². The van der Waals surface area contributed by atoms with Crippen LogP contribution in [0.25, 0.3) is 0 Å². The van der Waals surface area contributed by atoms with Crippen LogP contribution in [-0.2, 0) is 19.7 Å². The predicted molar refractivity (Wildman–Crippen MR) is 28.1 cm³/mol. The largest absolute Gasteiger partial charge is 1.00 e. The Labute approximate surface area is 153 Å². The molecule has 0 aromatic carbocycles. The van der Waals surface area contributed by atoms with E-state index in [0.717, 1.165) is 0 Å². The van der Waals surface area contributed by atoms with Crippen molar-refractivity contribution in [1.29, 1.82) is 0 Å². The van der Waals surface area contributed by atoms with Gasteiger partial charge >= 0.3 is 88.7 Å². The van der Waals surface area contributed by atoms with Gasteiger partial charge in [0, 0.05) is 12.4 Å². The monoisotopic (exact) mass is 264 g/mol. The summed E-state index contributed by atoms with van der Waals surface area (Å²) in [6.07, 6.45) is -1.39. The molecule has 0 rings (SSSR count). The molecule has 0 aliphatic rings. The Morgan fingerprint density at radius 3 is 1.47 bits per heavy atom. The smallest absolute Gasteiger partial charge is 0.747 e. The second-order valence-corrected chi connectivity index (χ2v) is 3.43. The summed E-state index contributed by atoms with van der Waals surface area (Å²) in [5.74, 6) is -4.18. The van der Waals surface area contributed by atoms with Crippen molar-refractivity contribution in [1.82, 2.24) is 0 Å². The molecular formula is C4H3Na3O7S. The number of hydrogen-bond donors (Lipinski definition) is 0. The van der Waals surface area contributed by atoms with Crippen molar-refractivity contribution in [3.8, 4) is 0 Å². The first-order valence-corrected chi connectivity index (χ1v) is 4.07. The van der Waals surface area contributed by atoms with Crippen LogP contribution in [0.1, 0.15) is 6.42 Å². The topological polar surface area (TPSA) is 137 Å². The van der Waals surface area contributed by atoms with Crippen molar-refractivity contribution in [2.45, 2.75) is 11.7 Å². The SMILES string of the molecule is O=C([O-])CC(C(=O)[O-])S(=O)(=O)[O-].[Na+].[Na+].[Na+]. The number of hydrogen-bond acceptors (Lipinski definition) is 7. The number of carboxylic acid groups (broad SMARTS) is 2. The summed E-state index contributed by atoms with van der Waals surface area (Å²) in [4.78, 5) is 19.7. The molecule has 0 bridgehead atoms. The first kappa shape index (κ1) is 25.6. The van der Waals surface area contributed by atoms with Gasteiger partial charge in [0.15, 0.2) is 0 Å². The van der Waals surface area contributed by atoms with E-state index >= 15 is 0 Å². The molecule has 0 N–H and O–H groups in total. The Morgan fingerprint density at radius 2 is 1.40 bits per heavy atom. The van der Waals surface area contributed by atoms with Crippen LogP contribution in [-0.4, -0.2) is 30.2 Å². The van der Waals surface area contributed by atoms with Gasteiger partial charge in [-0.2, -0.15) is 0 Å². The summed E-state index contributed by atoms with van der Waals surface area (Å²) in [7, 11) is -5.19. The fourth-order valence-electron chi connectivity index (χ4n) is 0.455. The van der Waals surface area contributed by atoms with Crippen molar-refractivity contribution in [3.63, 3.8) is 0 Å². The molecule has 0 saturated heterocycles. The number of carboxylic acids is 2. The van der Waals surface area contributed by atoms with Gasteiger partial charge in [-0.15, -0.1) is 0 Å². The molecule has 0 saturated carbocycles. The predicted octanol–water partition coefficient (Wildman–Crippen LogP) is -13.2.